The standard InChI is InChI=1S/C9H12N2O2S/c1-6-3-8-9(4-7(6)2)14(12,13)11-5-10-8/h3-4,10-11H,5H2,1-2H3. The quantitative estimate of drug-likeness (QED) is 0.673. The highest BCUT2D eigenvalue weighted by Gasteiger charge is 2.22. The third kappa shape index (κ3) is 1.38. The van der Waals surface area contributed by atoms with E-state index >= 15 is 0 Å². The van der Waals surface area contributed by atoms with E-state index in [0.717, 1.165) is 11.1 Å². The van der Waals surface area contributed by atoms with Gasteiger partial charge in [0.2, 0.25) is 10.0 Å². The molecule has 0 radical (unpaired) electrons. The molecule has 0 saturated carbocycles. The van der Waals surface area contributed by atoms with Crippen molar-refractivity contribution in [3.8, 4) is 0 Å². The number of fused-ring (bicyclic) bond motifs is 1. The fraction of sp³-hybridized carbons (Fsp3) is 0.333. The molecule has 4 nitrogen and oxygen atoms in total. The monoisotopic (exact) mass is 212 g/mol. The van der Waals surface area contributed by atoms with Gasteiger partial charge in [-0.3, -0.25) is 0 Å². The zero-order valence-corrected chi connectivity index (χ0v) is 8.90. The smallest absolute Gasteiger partial charge is 0.244 e. The van der Waals surface area contributed by atoms with Gasteiger partial charge in [-0.2, -0.15) is 4.72 Å². The van der Waals surface area contributed by atoms with Gasteiger partial charge in [-0.1, -0.05) is 0 Å². The first-order chi connectivity index (χ1) is 6.50. The van der Waals surface area contributed by atoms with Crippen molar-refractivity contribution in [1.82, 2.24) is 4.72 Å². The normalized spacial score (nSPS) is 18.4. The highest BCUT2D eigenvalue weighted by Crippen LogP contribution is 2.26. The van der Waals surface area contributed by atoms with Crippen LogP contribution >= 0.6 is 0 Å². The Morgan fingerprint density at radius 2 is 1.86 bits per heavy atom. The number of anilines is 1. The molecular weight excluding hydrogens is 200 g/mol. The summed E-state index contributed by atoms with van der Waals surface area (Å²) in [6.45, 7) is 4.13. The molecule has 1 aromatic carbocycles. The Balaban J connectivity index is 2.71. The van der Waals surface area contributed by atoms with Crippen LogP contribution in [-0.4, -0.2) is 15.1 Å². The molecule has 0 unspecified atom stereocenters. The summed E-state index contributed by atoms with van der Waals surface area (Å²) in [5, 5.41) is 3.00. The van der Waals surface area contributed by atoms with E-state index in [4.69, 9.17) is 0 Å². The molecule has 0 fully saturated rings. The minimum Gasteiger partial charge on any atom is -0.370 e. The molecule has 0 atom stereocenters. The first kappa shape index (κ1) is 9.48. The van der Waals surface area contributed by atoms with E-state index in [2.05, 4.69) is 10.0 Å². The highest BCUT2D eigenvalue weighted by atomic mass is 32.2. The van der Waals surface area contributed by atoms with Crippen LogP contribution in [0.3, 0.4) is 0 Å². The molecule has 2 rings (SSSR count). The van der Waals surface area contributed by atoms with Crippen LogP contribution in [0.2, 0.25) is 0 Å². The third-order valence-corrected chi connectivity index (χ3v) is 3.87. The maximum absolute atomic E-state index is 11.6. The van der Waals surface area contributed by atoms with Crippen molar-refractivity contribution in [1.29, 1.82) is 0 Å². The van der Waals surface area contributed by atoms with E-state index in [1.807, 2.05) is 19.9 Å². The van der Waals surface area contributed by atoms with Gasteiger partial charge >= 0.3 is 0 Å². The largest absolute Gasteiger partial charge is 0.370 e. The van der Waals surface area contributed by atoms with Crippen LogP contribution in [0.25, 0.3) is 0 Å². The van der Waals surface area contributed by atoms with Crippen molar-refractivity contribution in [2.24, 2.45) is 0 Å². The zero-order valence-electron chi connectivity index (χ0n) is 8.09. The topological polar surface area (TPSA) is 58.2 Å². The molecule has 1 aliphatic rings. The number of hydrogen-bond donors (Lipinski definition) is 2. The van der Waals surface area contributed by atoms with Crippen molar-refractivity contribution < 1.29 is 8.42 Å². The summed E-state index contributed by atoms with van der Waals surface area (Å²) in [6, 6.07) is 3.56. The van der Waals surface area contributed by atoms with Gasteiger partial charge in [-0.25, -0.2) is 8.42 Å². The van der Waals surface area contributed by atoms with Crippen molar-refractivity contribution >= 4 is 15.7 Å². The number of benzene rings is 1. The molecule has 14 heavy (non-hydrogen) atoms. The molecule has 0 aromatic heterocycles. The third-order valence-electron chi connectivity index (χ3n) is 2.43. The SMILES string of the molecule is Cc1cc2c(cc1C)S(=O)(=O)NCN2. The number of sulfonamides is 1. The second-order valence-electron chi connectivity index (χ2n) is 3.43. The fourth-order valence-corrected chi connectivity index (χ4v) is 2.62. The van der Waals surface area contributed by atoms with Crippen molar-refractivity contribution in [3.05, 3.63) is 23.3 Å². The van der Waals surface area contributed by atoms with Gasteiger partial charge in [0.1, 0.15) is 4.90 Å². The van der Waals surface area contributed by atoms with E-state index in [9.17, 15) is 8.42 Å². The minimum absolute atomic E-state index is 0.262. The van der Waals surface area contributed by atoms with Gasteiger partial charge in [0.15, 0.2) is 0 Å². The Kier molecular flexibility index (Phi) is 2.01. The highest BCUT2D eigenvalue weighted by molar-refractivity contribution is 7.89. The molecule has 1 heterocycles. The molecule has 2 N–H and O–H groups in total. The lowest BCUT2D eigenvalue weighted by atomic mass is 10.1. The summed E-state index contributed by atoms with van der Waals surface area (Å²) < 4.78 is 25.6. The molecule has 76 valence electrons. The maximum Gasteiger partial charge on any atom is 0.244 e. The first-order valence-electron chi connectivity index (χ1n) is 4.35. The number of aryl methyl sites for hydroxylation is 2. The number of rotatable bonds is 0. The lowest BCUT2D eigenvalue weighted by molar-refractivity contribution is 0.581. The fourth-order valence-electron chi connectivity index (χ4n) is 1.45. The van der Waals surface area contributed by atoms with Gasteiger partial charge < -0.3 is 5.32 Å². The molecule has 1 aromatic rings. The van der Waals surface area contributed by atoms with Crippen LogP contribution in [0.15, 0.2) is 17.0 Å². The lowest BCUT2D eigenvalue weighted by Gasteiger charge is -2.20. The molecule has 0 saturated heterocycles. The van der Waals surface area contributed by atoms with Crippen LogP contribution in [0, 0.1) is 13.8 Å². The van der Waals surface area contributed by atoms with Crippen LogP contribution in [0.5, 0.6) is 0 Å². The molecule has 0 aliphatic carbocycles. The Morgan fingerprint density at radius 3 is 2.57 bits per heavy atom. The van der Waals surface area contributed by atoms with Gasteiger partial charge in [-0.05, 0) is 37.1 Å². The Bertz CT molecular complexity index is 480. The average molecular weight is 212 g/mol. The Hall–Kier alpha value is -1.07. The van der Waals surface area contributed by atoms with E-state index in [0.29, 0.717) is 10.6 Å². The number of hydrogen-bond acceptors (Lipinski definition) is 3. The van der Waals surface area contributed by atoms with Gasteiger partial charge in [0.05, 0.1) is 12.4 Å². The Labute approximate surface area is 83.4 Å². The molecule has 0 amide bonds. The first-order valence-corrected chi connectivity index (χ1v) is 5.84. The molecule has 0 spiro atoms. The van der Waals surface area contributed by atoms with Gasteiger partial charge in [0, 0.05) is 0 Å². The summed E-state index contributed by atoms with van der Waals surface area (Å²) in [6.07, 6.45) is 0. The van der Waals surface area contributed by atoms with E-state index in [-0.39, 0.29) is 6.67 Å². The van der Waals surface area contributed by atoms with E-state index < -0.39 is 10.0 Å². The zero-order chi connectivity index (χ0) is 10.3. The molecular formula is C9H12N2O2S. The molecule has 1 aliphatic heterocycles. The molecule has 0 bridgehead atoms. The summed E-state index contributed by atoms with van der Waals surface area (Å²) in [4.78, 5) is 0.340. The van der Waals surface area contributed by atoms with Crippen molar-refractivity contribution in [2.45, 2.75) is 18.7 Å². The van der Waals surface area contributed by atoms with Crippen LogP contribution in [0.4, 0.5) is 5.69 Å². The lowest BCUT2D eigenvalue weighted by Crippen LogP contribution is -2.34. The second kappa shape index (κ2) is 2.96. The summed E-state index contributed by atoms with van der Waals surface area (Å²) in [5.41, 5.74) is 2.76. The van der Waals surface area contributed by atoms with Crippen LogP contribution < -0.4 is 10.0 Å². The minimum atomic E-state index is -3.29. The summed E-state index contributed by atoms with van der Waals surface area (Å²) in [5.74, 6) is 0. The predicted octanol–water partition coefficient (Wildman–Crippen LogP) is 0.965. The average Bonchev–Trinajstić information content (AvgIpc) is 2.08. The van der Waals surface area contributed by atoms with E-state index in [1.54, 1.807) is 6.07 Å². The van der Waals surface area contributed by atoms with Crippen LogP contribution in [0.1, 0.15) is 11.1 Å². The molecule has 5 heteroatoms. The Morgan fingerprint density at radius 1 is 1.21 bits per heavy atom. The van der Waals surface area contributed by atoms with E-state index in [1.165, 1.54) is 0 Å². The van der Waals surface area contributed by atoms with Crippen molar-refractivity contribution in [3.63, 3.8) is 0 Å². The second-order valence-corrected chi connectivity index (χ2v) is 5.17. The predicted molar refractivity (Wildman–Crippen MR) is 54.7 cm³/mol. The summed E-state index contributed by atoms with van der Waals surface area (Å²) in [7, 11) is -3.29. The van der Waals surface area contributed by atoms with Crippen molar-refractivity contribution in [2.75, 3.05) is 12.0 Å². The van der Waals surface area contributed by atoms with Crippen LogP contribution in [-0.2, 0) is 10.0 Å². The number of nitrogens with one attached hydrogen (secondary N) is 2. The maximum atomic E-state index is 11.6. The van der Waals surface area contributed by atoms with Gasteiger partial charge in [0.25, 0.3) is 0 Å². The summed E-state index contributed by atoms with van der Waals surface area (Å²) >= 11 is 0. The van der Waals surface area contributed by atoms with Gasteiger partial charge in [-0.15, -0.1) is 0 Å².